The van der Waals surface area contributed by atoms with Crippen LogP contribution in [0.2, 0.25) is 0 Å². The summed E-state index contributed by atoms with van der Waals surface area (Å²) in [5, 5.41) is 2.72. The summed E-state index contributed by atoms with van der Waals surface area (Å²) >= 11 is 0. The lowest BCUT2D eigenvalue weighted by atomic mass is 10.1. The molecule has 3 rings (SSSR count). The third-order valence-corrected chi connectivity index (χ3v) is 3.59. The predicted octanol–water partition coefficient (Wildman–Crippen LogP) is 0.761. The number of hydrogen-bond donors (Lipinski definition) is 2. The number of nitrogen functional groups attached to an aromatic ring is 1. The van der Waals surface area contributed by atoms with Crippen LogP contribution in [0.1, 0.15) is 0 Å². The van der Waals surface area contributed by atoms with Crippen molar-refractivity contribution in [3.8, 4) is 0 Å². The van der Waals surface area contributed by atoms with E-state index in [0.29, 0.717) is 26.2 Å². The molecule has 1 aromatic rings. The molecule has 7 heteroatoms. The van der Waals surface area contributed by atoms with Gasteiger partial charge in [-0.1, -0.05) is 0 Å². The first-order chi connectivity index (χ1) is 9.06. The van der Waals surface area contributed by atoms with E-state index in [9.17, 15) is 13.6 Å². The molecule has 0 saturated carbocycles. The summed E-state index contributed by atoms with van der Waals surface area (Å²) in [5.74, 6) is -1.33. The van der Waals surface area contributed by atoms with E-state index >= 15 is 0 Å². The van der Waals surface area contributed by atoms with Gasteiger partial charge in [0.1, 0.15) is 5.69 Å². The molecule has 0 radical (unpaired) electrons. The van der Waals surface area contributed by atoms with E-state index in [0.717, 1.165) is 12.1 Å². The number of fused-ring (bicyclic) bond motifs is 1. The molecule has 5 nitrogen and oxygen atoms in total. The topological polar surface area (TPSA) is 61.6 Å². The van der Waals surface area contributed by atoms with E-state index < -0.39 is 11.6 Å². The lowest BCUT2D eigenvalue weighted by molar-refractivity contribution is 0.197. The highest BCUT2D eigenvalue weighted by molar-refractivity contribution is 5.77. The van der Waals surface area contributed by atoms with Crippen LogP contribution in [-0.2, 0) is 0 Å². The molecule has 2 aliphatic rings. The number of urea groups is 1. The van der Waals surface area contributed by atoms with Gasteiger partial charge in [-0.2, -0.15) is 0 Å². The van der Waals surface area contributed by atoms with E-state index in [1.165, 1.54) is 0 Å². The van der Waals surface area contributed by atoms with Crippen molar-refractivity contribution in [2.45, 2.75) is 6.04 Å². The molecule has 1 aromatic carbocycles. The van der Waals surface area contributed by atoms with Crippen LogP contribution in [0.4, 0.5) is 25.0 Å². The largest absolute Gasteiger partial charge is 0.399 e. The number of nitrogens with two attached hydrogens (primary N) is 1. The molecular formula is C12H14F2N4O. The summed E-state index contributed by atoms with van der Waals surface area (Å²) in [6.07, 6.45) is 0. The summed E-state index contributed by atoms with van der Waals surface area (Å²) < 4.78 is 27.7. The normalized spacial score (nSPS) is 22.4. The smallest absolute Gasteiger partial charge is 0.317 e. The lowest BCUT2D eigenvalue weighted by Gasteiger charge is -2.37. The van der Waals surface area contributed by atoms with Gasteiger partial charge in [-0.05, 0) is 12.1 Å². The molecule has 2 aliphatic heterocycles. The minimum Gasteiger partial charge on any atom is -0.399 e. The molecule has 3 N–H and O–H groups in total. The predicted molar refractivity (Wildman–Crippen MR) is 66.9 cm³/mol. The first-order valence-electron chi connectivity index (χ1n) is 6.10. The third-order valence-electron chi connectivity index (χ3n) is 3.59. The standard InChI is InChI=1S/C12H14F2N4O/c13-9-3-7(15)4-10(14)11(9)17-1-2-18-8(6-17)5-16-12(18)19/h3-4,8H,1-2,5-6,15H2,(H,16,19). The number of nitrogens with zero attached hydrogens (tertiary/aromatic N) is 2. The van der Waals surface area contributed by atoms with E-state index in [2.05, 4.69) is 5.32 Å². The Kier molecular flexibility index (Phi) is 2.69. The number of rotatable bonds is 1. The molecule has 0 bridgehead atoms. The van der Waals surface area contributed by atoms with Crippen molar-refractivity contribution in [3.05, 3.63) is 23.8 Å². The average molecular weight is 268 g/mol. The van der Waals surface area contributed by atoms with Gasteiger partial charge in [0.15, 0.2) is 11.6 Å². The van der Waals surface area contributed by atoms with E-state index in [4.69, 9.17) is 5.73 Å². The third kappa shape index (κ3) is 1.94. The fourth-order valence-corrected chi connectivity index (χ4v) is 2.69. The van der Waals surface area contributed by atoms with Crippen molar-refractivity contribution in [2.75, 3.05) is 36.8 Å². The number of anilines is 2. The van der Waals surface area contributed by atoms with Gasteiger partial charge in [-0.15, -0.1) is 0 Å². The SMILES string of the molecule is Nc1cc(F)c(N2CCN3C(=O)NCC3C2)c(F)c1. The second-order valence-corrected chi connectivity index (χ2v) is 4.81. The van der Waals surface area contributed by atoms with Gasteiger partial charge in [0.2, 0.25) is 0 Å². The van der Waals surface area contributed by atoms with Crippen molar-refractivity contribution in [3.63, 3.8) is 0 Å². The van der Waals surface area contributed by atoms with Crippen LogP contribution in [0.5, 0.6) is 0 Å². The van der Waals surface area contributed by atoms with Crippen LogP contribution in [0.15, 0.2) is 12.1 Å². The average Bonchev–Trinajstić information content (AvgIpc) is 2.69. The van der Waals surface area contributed by atoms with Gasteiger partial charge in [-0.3, -0.25) is 0 Å². The highest BCUT2D eigenvalue weighted by atomic mass is 19.1. The van der Waals surface area contributed by atoms with Crippen molar-refractivity contribution in [1.29, 1.82) is 0 Å². The van der Waals surface area contributed by atoms with Gasteiger partial charge < -0.3 is 20.9 Å². The molecule has 0 spiro atoms. The molecule has 2 saturated heterocycles. The first kappa shape index (κ1) is 12.0. The zero-order valence-electron chi connectivity index (χ0n) is 10.2. The van der Waals surface area contributed by atoms with Crippen molar-refractivity contribution < 1.29 is 13.6 Å². The summed E-state index contributed by atoms with van der Waals surface area (Å²) in [5.41, 5.74) is 5.40. The van der Waals surface area contributed by atoms with Gasteiger partial charge in [0.05, 0.1) is 6.04 Å². The Morgan fingerprint density at radius 3 is 2.63 bits per heavy atom. The van der Waals surface area contributed by atoms with Crippen LogP contribution in [0.3, 0.4) is 0 Å². The summed E-state index contributed by atoms with van der Waals surface area (Å²) in [6.45, 7) is 1.78. The Bertz CT molecular complexity index is 513. The number of carbonyl (C=O) groups excluding carboxylic acids is 1. The van der Waals surface area contributed by atoms with Crippen LogP contribution in [0, 0.1) is 11.6 Å². The molecule has 1 atom stereocenters. The number of benzene rings is 1. The molecule has 102 valence electrons. The Balaban J connectivity index is 1.87. The maximum Gasteiger partial charge on any atom is 0.317 e. The van der Waals surface area contributed by atoms with E-state index in [1.807, 2.05) is 0 Å². The van der Waals surface area contributed by atoms with Crippen LogP contribution in [0.25, 0.3) is 0 Å². The first-order valence-corrected chi connectivity index (χ1v) is 6.10. The summed E-state index contributed by atoms with van der Waals surface area (Å²) in [7, 11) is 0. The zero-order chi connectivity index (χ0) is 13.6. The number of halogens is 2. The van der Waals surface area contributed by atoms with Crippen LogP contribution >= 0.6 is 0 Å². The van der Waals surface area contributed by atoms with Gasteiger partial charge >= 0.3 is 6.03 Å². The Labute approximate surface area is 109 Å². The number of piperazine rings is 1. The maximum absolute atomic E-state index is 13.9. The molecule has 2 amide bonds. The van der Waals surface area contributed by atoms with Gasteiger partial charge in [-0.25, -0.2) is 13.6 Å². The molecule has 2 heterocycles. The van der Waals surface area contributed by atoms with E-state index in [-0.39, 0.29) is 23.4 Å². The number of nitrogens with one attached hydrogen (secondary N) is 1. The quantitative estimate of drug-likeness (QED) is 0.739. The second-order valence-electron chi connectivity index (χ2n) is 4.81. The van der Waals surface area contributed by atoms with Crippen LogP contribution in [-0.4, -0.2) is 43.2 Å². The molecule has 19 heavy (non-hydrogen) atoms. The van der Waals surface area contributed by atoms with Gasteiger partial charge in [0.25, 0.3) is 0 Å². The summed E-state index contributed by atoms with van der Waals surface area (Å²) in [4.78, 5) is 14.8. The van der Waals surface area contributed by atoms with Crippen molar-refractivity contribution in [1.82, 2.24) is 10.2 Å². The number of amides is 2. The fraction of sp³-hybridized carbons (Fsp3) is 0.417. The molecule has 2 fully saturated rings. The second kappa shape index (κ2) is 4.25. The Hall–Kier alpha value is -2.05. The van der Waals surface area contributed by atoms with Crippen molar-refractivity contribution >= 4 is 17.4 Å². The fourth-order valence-electron chi connectivity index (χ4n) is 2.69. The Morgan fingerprint density at radius 1 is 1.26 bits per heavy atom. The summed E-state index contributed by atoms with van der Waals surface area (Å²) in [6, 6.07) is 2.08. The van der Waals surface area contributed by atoms with Crippen molar-refractivity contribution in [2.24, 2.45) is 0 Å². The van der Waals surface area contributed by atoms with E-state index in [1.54, 1.807) is 9.80 Å². The highest BCUT2D eigenvalue weighted by Gasteiger charge is 2.36. The minimum absolute atomic E-state index is 0.0439. The maximum atomic E-state index is 13.9. The lowest BCUT2D eigenvalue weighted by Crippen LogP contribution is -2.52. The molecule has 1 unspecified atom stereocenters. The minimum atomic E-state index is -0.664. The zero-order valence-corrected chi connectivity index (χ0v) is 10.2. The monoisotopic (exact) mass is 268 g/mol. The molecular weight excluding hydrogens is 254 g/mol. The van der Waals surface area contributed by atoms with Crippen LogP contribution < -0.4 is 16.0 Å². The van der Waals surface area contributed by atoms with Gasteiger partial charge in [0, 0.05) is 31.9 Å². The number of hydrogen-bond acceptors (Lipinski definition) is 3. The number of carbonyl (C=O) groups is 1. The highest BCUT2D eigenvalue weighted by Crippen LogP contribution is 2.28. The molecule has 0 aromatic heterocycles. The molecule has 0 aliphatic carbocycles. The Morgan fingerprint density at radius 2 is 1.95 bits per heavy atom.